The molecule has 0 bridgehead atoms. The van der Waals surface area contributed by atoms with Crippen LogP contribution in [0.5, 0.6) is 0 Å². The third-order valence-electron chi connectivity index (χ3n) is 1.77. The van der Waals surface area contributed by atoms with Crippen molar-refractivity contribution in [3.8, 4) is 0 Å². The molecule has 4 nitrogen and oxygen atoms in total. The van der Waals surface area contributed by atoms with Gasteiger partial charge in [0.05, 0.1) is 12.7 Å². The lowest BCUT2D eigenvalue weighted by molar-refractivity contribution is -0.134. The van der Waals surface area contributed by atoms with Gasteiger partial charge in [-0.25, -0.2) is 0 Å². The molecule has 0 aromatic rings. The van der Waals surface area contributed by atoms with Gasteiger partial charge in [0, 0.05) is 6.42 Å². The molecule has 0 aromatic carbocycles. The summed E-state index contributed by atoms with van der Waals surface area (Å²) >= 11 is 0. The minimum atomic E-state index is -1.09. The van der Waals surface area contributed by atoms with Crippen LogP contribution in [0.3, 0.4) is 0 Å². The summed E-state index contributed by atoms with van der Waals surface area (Å²) < 4.78 is 0. The van der Waals surface area contributed by atoms with Gasteiger partial charge in [0.1, 0.15) is 6.10 Å². The molecule has 0 aromatic heterocycles. The molecule has 0 aliphatic carbocycles. The van der Waals surface area contributed by atoms with Crippen LogP contribution in [0.1, 0.15) is 27.2 Å². The summed E-state index contributed by atoms with van der Waals surface area (Å²) in [6.45, 7) is 4.76. The van der Waals surface area contributed by atoms with E-state index in [0.29, 0.717) is 0 Å². The molecule has 0 aliphatic rings. The van der Waals surface area contributed by atoms with E-state index in [4.69, 9.17) is 10.2 Å². The van der Waals surface area contributed by atoms with Gasteiger partial charge in [0.15, 0.2) is 5.78 Å². The Morgan fingerprint density at radius 2 is 1.77 bits per heavy atom. The summed E-state index contributed by atoms with van der Waals surface area (Å²) in [4.78, 5) is 11.2. The van der Waals surface area contributed by atoms with Crippen LogP contribution in [0.25, 0.3) is 0 Å². The van der Waals surface area contributed by atoms with Gasteiger partial charge in [-0.2, -0.15) is 0 Å². The van der Waals surface area contributed by atoms with Crippen molar-refractivity contribution in [1.82, 2.24) is 0 Å². The summed E-state index contributed by atoms with van der Waals surface area (Å²) in [6, 6.07) is 0. The van der Waals surface area contributed by atoms with Crippen LogP contribution in [0.15, 0.2) is 0 Å². The average molecular weight is 190 g/mol. The number of aliphatic hydroxyl groups excluding tert-OH is 3. The maximum Gasteiger partial charge on any atom is 0.164 e. The number of aliphatic hydroxyl groups is 3. The third kappa shape index (κ3) is 4.36. The number of rotatable bonds is 4. The number of carbonyl (C=O) groups excluding carboxylic acids is 1. The number of Topliss-reactive ketones (excluding diaryl/α,β-unsaturated/α-hetero) is 1. The number of carbonyl (C=O) groups is 1. The van der Waals surface area contributed by atoms with Crippen molar-refractivity contribution < 1.29 is 20.1 Å². The minimum Gasteiger partial charge on any atom is -0.394 e. The van der Waals surface area contributed by atoms with Crippen LogP contribution in [0, 0.1) is 5.41 Å². The van der Waals surface area contributed by atoms with Crippen LogP contribution >= 0.6 is 0 Å². The number of hydrogen-bond acceptors (Lipinski definition) is 4. The molecule has 0 saturated heterocycles. The Hall–Kier alpha value is -0.450. The molecule has 13 heavy (non-hydrogen) atoms. The van der Waals surface area contributed by atoms with E-state index in [1.54, 1.807) is 20.8 Å². The Morgan fingerprint density at radius 1 is 1.31 bits per heavy atom. The SMILES string of the molecule is CC(C)(C)C(O)C(=O)CC(O)CO. The van der Waals surface area contributed by atoms with Crippen LogP contribution in [0.4, 0.5) is 0 Å². The van der Waals surface area contributed by atoms with E-state index in [-0.39, 0.29) is 6.42 Å². The standard InChI is InChI=1S/C9H18O4/c1-9(2,3)8(13)7(12)4-6(11)5-10/h6,8,10-11,13H,4-5H2,1-3H3. The molecule has 0 amide bonds. The predicted molar refractivity (Wildman–Crippen MR) is 48.2 cm³/mol. The van der Waals surface area contributed by atoms with Crippen molar-refractivity contribution >= 4 is 5.78 Å². The molecule has 4 heteroatoms. The van der Waals surface area contributed by atoms with E-state index in [0.717, 1.165) is 0 Å². The van der Waals surface area contributed by atoms with Crippen LogP contribution < -0.4 is 0 Å². The molecule has 0 aliphatic heterocycles. The van der Waals surface area contributed by atoms with E-state index in [1.165, 1.54) is 0 Å². The highest BCUT2D eigenvalue weighted by molar-refractivity contribution is 5.83. The van der Waals surface area contributed by atoms with Crippen LogP contribution in [-0.2, 0) is 4.79 Å². The molecule has 0 fully saturated rings. The van der Waals surface area contributed by atoms with Crippen molar-refractivity contribution in [2.24, 2.45) is 5.41 Å². The van der Waals surface area contributed by atoms with Crippen molar-refractivity contribution in [3.05, 3.63) is 0 Å². The van der Waals surface area contributed by atoms with Gasteiger partial charge in [-0.05, 0) is 5.41 Å². The molecular weight excluding hydrogens is 172 g/mol. The average Bonchev–Trinajstić information content (AvgIpc) is 2.01. The fourth-order valence-corrected chi connectivity index (χ4v) is 0.891. The summed E-state index contributed by atoms with van der Waals surface area (Å²) in [7, 11) is 0. The Kier molecular flexibility index (Phi) is 4.53. The van der Waals surface area contributed by atoms with E-state index < -0.39 is 30.0 Å². The quantitative estimate of drug-likeness (QED) is 0.569. The largest absolute Gasteiger partial charge is 0.394 e. The van der Waals surface area contributed by atoms with Crippen LogP contribution in [0.2, 0.25) is 0 Å². The van der Waals surface area contributed by atoms with Gasteiger partial charge in [-0.3, -0.25) is 4.79 Å². The normalized spacial score (nSPS) is 16.8. The highest BCUT2D eigenvalue weighted by atomic mass is 16.3. The summed E-state index contributed by atoms with van der Waals surface area (Å²) in [5.41, 5.74) is -0.522. The van der Waals surface area contributed by atoms with Crippen molar-refractivity contribution in [2.75, 3.05) is 6.61 Å². The van der Waals surface area contributed by atoms with E-state index >= 15 is 0 Å². The summed E-state index contributed by atoms with van der Waals surface area (Å²) in [5, 5.41) is 26.9. The van der Waals surface area contributed by atoms with Crippen LogP contribution in [-0.4, -0.2) is 39.9 Å². The molecule has 0 heterocycles. The monoisotopic (exact) mass is 190 g/mol. The second-order valence-electron chi connectivity index (χ2n) is 4.28. The maximum atomic E-state index is 11.2. The third-order valence-corrected chi connectivity index (χ3v) is 1.77. The van der Waals surface area contributed by atoms with E-state index in [1.807, 2.05) is 0 Å². The van der Waals surface area contributed by atoms with Gasteiger partial charge < -0.3 is 15.3 Å². The Labute approximate surface area is 78.2 Å². The first-order valence-corrected chi connectivity index (χ1v) is 4.28. The predicted octanol–water partition coefficient (Wildman–Crippen LogP) is -0.294. The summed E-state index contributed by atoms with van der Waals surface area (Å²) in [5.74, 6) is -0.436. The van der Waals surface area contributed by atoms with Gasteiger partial charge in [-0.1, -0.05) is 20.8 Å². The molecule has 0 spiro atoms. The molecule has 0 saturated carbocycles. The Bertz CT molecular complexity index is 171. The van der Waals surface area contributed by atoms with Crippen molar-refractivity contribution in [1.29, 1.82) is 0 Å². The molecule has 2 atom stereocenters. The smallest absolute Gasteiger partial charge is 0.164 e. The lowest BCUT2D eigenvalue weighted by atomic mass is 9.85. The van der Waals surface area contributed by atoms with Gasteiger partial charge in [0.2, 0.25) is 0 Å². The maximum absolute atomic E-state index is 11.2. The Balaban J connectivity index is 4.12. The molecule has 3 N–H and O–H groups in total. The minimum absolute atomic E-state index is 0.199. The van der Waals surface area contributed by atoms with Gasteiger partial charge in [0.25, 0.3) is 0 Å². The molecule has 78 valence electrons. The zero-order valence-electron chi connectivity index (χ0n) is 8.32. The zero-order valence-corrected chi connectivity index (χ0v) is 8.32. The second kappa shape index (κ2) is 4.69. The van der Waals surface area contributed by atoms with E-state index in [2.05, 4.69) is 0 Å². The molecule has 2 unspecified atom stereocenters. The second-order valence-corrected chi connectivity index (χ2v) is 4.28. The van der Waals surface area contributed by atoms with E-state index in [9.17, 15) is 9.90 Å². The lowest BCUT2D eigenvalue weighted by Crippen LogP contribution is -2.36. The fourth-order valence-electron chi connectivity index (χ4n) is 0.891. The summed E-state index contributed by atoms with van der Waals surface area (Å²) in [6.07, 6.45) is -2.35. The fraction of sp³-hybridized carbons (Fsp3) is 0.889. The lowest BCUT2D eigenvalue weighted by Gasteiger charge is -2.25. The number of ketones is 1. The van der Waals surface area contributed by atoms with Gasteiger partial charge in [-0.15, -0.1) is 0 Å². The molecule has 0 rings (SSSR count). The first-order chi connectivity index (χ1) is 5.79. The molecule has 0 radical (unpaired) electrons. The first kappa shape index (κ1) is 12.6. The highest BCUT2D eigenvalue weighted by Gasteiger charge is 2.29. The topological polar surface area (TPSA) is 77.8 Å². The van der Waals surface area contributed by atoms with Crippen molar-refractivity contribution in [2.45, 2.75) is 39.4 Å². The van der Waals surface area contributed by atoms with Gasteiger partial charge >= 0.3 is 0 Å². The van der Waals surface area contributed by atoms with Crippen molar-refractivity contribution in [3.63, 3.8) is 0 Å². The zero-order chi connectivity index (χ0) is 10.6. The highest BCUT2D eigenvalue weighted by Crippen LogP contribution is 2.20. The Morgan fingerprint density at radius 3 is 2.08 bits per heavy atom. The molecular formula is C9H18O4. The first-order valence-electron chi connectivity index (χ1n) is 4.28. The number of hydrogen-bond donors (Lipinski definition) is 3.